The molecule has 114 valence electrons. The van der Waals surface area contributed by atoms with E-state index in [1.807, 2.05) is 12.1 Å². The van der Waals surface area contributed by atoms with Gasteiger partial charge in [0.15, 0.2) is 0 Å². The van der Waals surface area contributed by atoms with Crippen LogP contribution < -0.4 is 0 Å². The topological polar surface area (TPSA) is 49.9 Å². The molecule has 1 heterocycles. The van der Waals surface area contributed by atoms with Gasteiger partial charge in [-0.2, -0.15) is 0 Å². The van der Waals surface area contributed by atoms with E-state index in [4.69, 9.17) is 4.74 Å². The minimum absolute atomic E-state index is 0.0235. The van der Waals surface area contributed by atoms with Crippen LogP contribution in [0.3, 0.4) is 0 Å². The first-order chi connectivity index (χ1) is 10.1. The third kappa shape index (κ3) is 3.98. The molecule has 0 aromatic heterocycles. The van der Waals surface area contributed by atoms with Gasteiger partial charge in [-0.3, -0.25) is 9.59 Å². The van der Waals surface area contributed by atoms with Gasteiger partial charge in [0.25, 0.3) is 5.91 Å². The summed E-state index contributed by atoms with van der Waals surface area (Å²) in [4.78, 5) is 28.6. The second kappa shape index (κ2) is 7.47. The predicted molar refractivity (Wildman–Crippen MR) is 82.7 cm³/mol. The SMILES string of the molecule is COCCC(=O)N1CCN(C(=O)c2ccccc2S)CC1. The predicted octanol–water partition coefficient (Wildman–Crippen LogP) is 1.30. The van der Waals surface area contributed by atoms with E-state index in [-0.39, 0.29) is 11.8 Å². The molecule has 6 heteroatoms. The number of benzene rings is 1. The van der Waals surface area contributed by atoms with Gasteiger partial charge >= 0.3 is 0 Å². The van der Waals surface area contributed by atoms with Gasteiger partial charge in [0.05, 0.1) is 18.6 Å². The molecule has 0 N–H and O–H groups in total. The van der Waals surface area contributed by atoms with Crippen molar-refractivity contribution in [1.29, 1.82) is 0 Å². The fraction of sp³-hybridized carbons (Fsp3) is 0.467. The number of thiol groups is 1. The van der Waals surface area contributed by atoms with Crippen LogP contribution in [0.25, 0.3) is 0 Å². The van der Waals surface area contributed by atoms with Crippen molar-refractivity contribution in [3.63, 3.8) is 0 Å². The molecule has 21 heavy (non-hydrogen) atoms. The van der Waals surface area contributed by atoms with Crippen LogP contribution in [-0.2, 0) is 9.53 Å². The molecule has 0 atom stereocenters. The van der Waals surface area contributed by atoms with Gasteiger partial charge in [0, 0.05) is 38.2 Å². The highest BCUT2D eigenvalue weighted by Crippen LogP contribution is 2.16. The molecule has 1 fully saturated rings. The quantitative estimate of drug-likeness (QED) is 0.853. The molecule has 0 saturated carbocycles. The summed E-state index contributed by atoms with van der Waals surface area (Å²) in [5.74, 6) is 0.0585. The zero-order valence-corrected chi connectivity index (χ0v) is 13.0. The number of ether oxygens (including phenoxy) is 1. The number of amides is 2. The van der Waals surface area contributed by atoms with Gasteiger partial charge < -0.3 is 14.5 Å². The second-order valence-electron chi connectivity index (χ2n) is 4.93. The lowest BCUT2D eigenvalue weighted by Gasteiger charge is -2.35. The molecule has 1 aliphatic heterocycles. The average molecular weight is 308 g/mol. The zero-order chi connectivity index (χ0) is 15.2. The van der Waals surface area contributed by atoms with Crippen molar-refractivity contribution in [2.75, 3.05) is 39.9 Å². The molecule has 1 aromatic rings. The van der Waals surface area contributed by atoms with Crippen molar-refractivity contribution >= 4 is 24.4 Å². The van der Waals surface area contributed by atoms with Crippen LogP contribution in [-0.4, -0.2) is 61.5 Å². The van der Waals surface area contributed by atoms with Crippen molar-refractivity contribution < 1.29 is 14.3 Å². The van der Waals surface area contributed by atoms with Crippen molar-refractivity contribution in [1.82, 2.24) is 9.80 Å². The highest BCUT2D eigenvalue weighted by atomic mass is 32.1. The lowest BCUT2D eigenvalue weighted by atomic mass is 10.1. The summed E-state index contributed by atoms with van der Waals surface area (Å²) in [5, 5.41) is 0. The van der Waals surface area contributed by atoms with Crippen LogP contribution in [0.4, 0.5) is 0 Å². The number of hydrogen-bond acceptors (Lipinski definition) is 4. The Morgan fingerprint density at radius 3 is 2.38 bits per heavy atom. The molecule has 1 saturated heterocycles. The zero-order valence-electron chi connectivity index (χ0n) is 12.1. The average Bonchev–Trinajstić information content (AvgIpc) is 2.52. The Morgan fingerprint density at radius 2 is 1.76 bits per heavy atom. The highest BCUT2D eigenvalue weighted by Gasteiger charge is 2.25. The molecule has 0 aliphatic carbocycles. The fourth-order valence-electron chi connectivity index (χ4n) is 2.33. The second-order valence-corrected chi connectivity index (χ2v) is 5.41. The largest absolute Gasteiger partial charge is 0.384 e. The number of piperazine rings is 1. The Bertz CT molecular complexity index is 513. The van der Waals surface area contributed by atoms with Gasteiger partial charge in [-0.15, -0.1) is 12.6 Å². The van der Waals surface area contributed by atoms with E-state index in [0.717, 1.165) is 0 Å². The fourth-order valence-corrected chi connectivity index (χ4v) is 2.59. The Balaban J connectivity index is 1.91. The third-order valence-electron chi connectivity index (χ3n) is 3.57. The molecule has 1 aromatic carbocycles. The Labute approximate surface area is 130 Å². The number of carbonyl (C=O) groups excluding carboxylic acids is 2. The first-order valence-corrected chi connectivity index (χ1v) is 7.42. The number of nitrogens with zero attached hydrogens (tertiary/aromatic N) is 2. The molecular formula is C15H20N2O3S. The Kier molecular flexibility index (Phi) is 5.64. The van der Waals surface area contributed by atoms with E-state index < -0.39 is 0 Å². The van der Waals surface area contributed by atoms with Crippen LogP contribution in [0.15, 0.2) is 29.2 Å². The Hall–Kier alpha value is -1.53. The molecule has 5 nitrogen and oxygen atoms in total. The van der Waals surface area contributed by atoms with E-state index in [1.54, 1.807) is 29.0 Å². The van der Waals surface area contributed by atoms with E-state index in [9.17, 15) is 9.59 Å². The van der Waals surface area contributed by atoms with Crippen LogP contribution in [0.1, 0.15) is 16.8 Å². The van der Waals surface area contributed by atoms with Crippen LogP contribution in [0.2, 0.25) is 0 Å². The van der Waals surface area contributed by atoms with Gasteiger partial charge in [-0.05, 0) is 12.1 Å². The molecule has 2 amide bonds. The van der Waals surface area contributed by atoms with E-state index in [0.29, 0.717) is 49.7 Å². The molecular weight excluding hydrogens is 288 g/mol. The van der Waals surface area contributed by atoms with Crippen molar-refractivity contribution in [3.05, 3.63) is 29.8 Å². The molecule has 0 radical (unpaired) electrons. The van der Waals surface area contributed by atoms with E-state index >= 15 is 0 Å². The van der Waals surface area contributed by atoms with E-state index in [2.05, 4.69) is 12.6 Å². The molecule has 1 aliphatic rings. The monoisotopic (exact) mass is 308 g/mol. The number of hydrogen-bond donors (Lipinski definition) is 1. The van der Waals surface area contributed by atoms with Crippen molar-refractivity contribution in [2.24, 2.45) is 0 Å². The maximum absolute atomic E-state index is 12.4. The summed E-state index contributed by atoms with van der Waals surface area (Å²) in [6.45, 7) is 2.69. The number of rotatable bonds is 4. The van der Waals surface area contributed by atoms with Gasteiger partial charge in [0.1, 0.15) is 0 Å². The molecule has 0 spiro atoms. The van der Waals surface area contributed by atoms with Crippen LogP contribution in [0.5, 0.6) is 0 Å². The molecule has 0 unspecified atom stereocenters. The minimum atomic E-state index is -0.0235. The van der Waals surface area contributed by atoms with Gasteiger partial charge in [0.2, 0.25) is 5.91 Å². The summed E-state index contributed by atoms with van der Waals surface area (Å²) in [6, 6.07) is 7.27. The van der Waals surface area contributed by atoms with Crippen LogP contribution >= 0.6 is 12.6 Å². The lowest BCUT2D eigenvalue weighted by Crippen LogP contribution is -2.50. The smallest absolute Gasteiger partial charge is 0.255 e. The lowest BCUT2D eigenvalue weighted by molar-refractivity contribution is -0.133. The minimum Gasteiger partial charge on any atom is -0.384 e. The standard InChI is InChI=1S/C15H20N2O3S/c1-20-11-6-14(18)16-7-9-17(10-8-16)15(19)12-4-2-3-5-13(12)21/h2-5,21H,6-11H2,1H3. The maximum atomic E-state index is 12.4. The number of carbonyl (C=O) groups is 2. The summed E-state index contributed by atoms with van der Waals surface area (Å²) in [5.41, 5.74) is 0.611. The summed E-state index contributed by atoms with van der Waals surface area (Å²) < 4.78 is 4.91. The summed E-state index contributed by atoms with van der Waals surface area (Å²) in [6.07, 6.45) is 0.393. The molecule has 2 rings (SSSR count). The van der Waals surface area contributed by atoms with Gasteiger partial charge in [-0.1, -0.05) is 12.1 Å². The summed E-state index contributed by atoms with van der Waals surface area (Å²) >= 11 is 4.32. The number of methoxy groups -OCH3 is 1. The van der Waals surface area contributed by atoms with Gasteiger partial charge in [-0.25, -0.2) is 0 Å². The summed E-state index contributed by atoms with van der Waals surface area (Å²) in [7, 11) is 1.58. The van der Waals surface area contributed by atoms with E-state index in [1.165, 1.54) is 0 Å². The first-order valence-electron chi connectivity index (χ1n) is 6.97. The normalized spacial score (nSPS) is 15.1. The third-order valence-corrected chi connectivity index (χ3v) is 3.96. The molecule has 0 bridgehead atoms. The maximum Gasteiger partial charge on any atom is 0.255 e. The van der Waals surface area contributed by atoms with Crippen LogP contribution in [0, 0.1) is 0 Å². The highest BCUT2D eigenvalue weighted by molar-refractivity contribution is 7.80. The first kappa shape index (κ1) is 15.9. The van der Waals surface area contributed by atoms with Crippen molar-refractivity contribution in [2.45, 2.75) is 11.3 Å². The van der Waals surface area contributed by atoms with Crippen molar-refractivity contribution in [3.8, 4) is 0 Å². The Morgan fingerprint density at radius 1 is 1.14 bits per heavy atom.